The van der Waals surface area contributed by atoms with Crippen molar-refractivity contribution in [1.29, 1.82) is 0 Å². The van der Waals surface area contributed by atoms with E-state index in [2.05, 4.69) is 25.9 Å². The Morgan fingerprint density at radius 2 is 1.71 bits per heavy atom. The van der Waals surface area contributed by atoms with Crippen LogP contribution >= 0.6 is 24.0 Å². The second-order valence-electron chi connectivity index (χ2n) is 7.05. The average molecular weight is 524 g/mol. The highest BCUT2D eigenvalue weighted by Crippen LogP contribution is 2.38. The number of urea groups is 1. The van der Waals surface area contributed by atoms with Crippen molar-refractivity contribution in [1.82, 2.24) is 9.97 Å². The number of nitrogens with zero attached hydrogens (tertiary/aromatic N) is 2. The number of methoxy groups -OCH3 is 1. The van der Waals surface area contributed by atoms with Gasteiger partial charge in [0.05, 0.1) is 28.9 Å². The Bertz CT molecular complexity index is 1350. The summed E-state index contributed by atoms with van der Waals surface area (Å²) in [5, 5.41) is 8.30. The first-order valence-electron chi connectivity index (χ1n) is 9.84. The molecule has 0 saturated heterocycles. The summed E-state index contributed by atoms with van der Waals surface area (Å²) in [5.74, 6) is 0.570. The number of carbonyl (C=O) groups excluding carboxylic acids is 1. The van der Waals surface area contributed by atoms with Crippen LogP contribution in [0.1, 0.15) is 5.56 Å². The molecule has 0 saturated carbocycles. The van der Waals surface area contributed by atoms with Crippen molar-refractivity contribution in [2.24, 2.45) is 0 Å². The lowest BCUT2D eigenvalue weighted by molar-refractivity contribution is -0.137. The number of alkyl halides is 3. The second-order valence-corrected chi connectivity index (χ2v) is 7.46. The monoisotopic (exact) mass is 523 g/mol. The molecule has 1 aromatic heterocycles. The van der Waals surface area contributed by atoms with Crippen molar-refractivity contribution in [3.8, 4) is 5.75 Å². The van der Waals surface area contributed by atoms with Gasteiger partial charge in [-0.25, -0.2) is 14.8 Å². The minimum Gasteiger partial charge on any atom is -0.494 e. The fourth-order valence-electron chi connectivity index (χ4n) is 3.21. The fraction of sp³-hybridized carbons (Fsp3) is 0.0870. The van der Waals surface area contributed by atoms with E-state index in [0.29, 0.717) is 28.0 Å². The molecule has 4 aromatic rings. The Kier molecular flexibility index (Phi) is 7.88. The van der Waals surface area contributed by atoms with Gasteiger partial charge in [-0.3, -0.25) is 0 Å². The summed E-state index contributed by atoms with van der Waals surface area (Å²) in [6, 6.07) is 14.9. The summed E-state index contributed by atoms with van der Waals surface area (Å²) in [6.07, 6.45) is -3.35. The van der Waals surface area contributed by atoms with E-state index in [1.165, 1.54) is 19.5 Å². The lowest BCUT2D eigenvalue weighted by Gasteiger charge is -2.15. The van der Waals surface area contributed by atoms with Gasteiger partial charge < -0.3 is 20.7 Å². The quantitative estimate of drug-likeness (QED) is 0.259. The lowest BCUT2D eigenvalue weighted by Crippen LogP contribution is -2.19. The van der Waals surface area contributed by atoms with Crippen molar-refractivity contribution in [2.45, 2.75) is 6.18 Å². The Morgan fingerprint density at radius 1 is 0.971 bits per heavy atom. The molecular formula is C23H18Cl2F3N5O2. The molecule has 0 spiro atoms. The third kappa shape index (κ3) is 6.03. The zero-order chi connectivity index (χ0) is 24.3. The Morgan fingerprint density at radius 3 is 2.40 bits per heavy atom. The minimum absolute atomic E-state index is 0. The summed E-state index contributed by atoms with van der Waals surface area (Å²) in [7, 11) is 1.44. The van der Waals surface area contributed by atoms with Crippen LogP contribution in [0, 0.1) is 0 Å². The van der Waals surface area contributed by atoms with Gasteiger partial charge in [-0.2, -0.15) is 13.2 Å². The molecule has 7 nitrogen and oxygen atoms in total. The normalized spacial score (nSPS) is 10.9. The molecule has 0 atom stereocenters. The number of aromatic nitrogens is 2. The van der Waals surface area contributed by atoms with E-state index in [1.54, 1.807) is 36.4 Å². The maximum Gasteiger partial charge on any atom is 0.417 e. The first-order chi connectivity index (χ1) is 16.2. The topological polar surface area (TPSA) is 88.2 Å². The van der Waals surface area contributed by atoms with Gasteiger partial charge in [-0.1, -0.05) is 29.8 Å². The SMILES string of the molecule is COc1cc2ncnc(Nc3ccc(Cl)c(C(F)(F)F)c3)c2cc1NC(=O)Nc1ccccc1.Cl. The zero-order valence-electron chi connectivity index (χ0n) is 18.0. The van der Waals surface area contributed by atoms with Gasteiger partial charge in [0, 0.05) is 22.8 Å². The predicted molar refractivity (Wildman–Crippen MR) is 132 cm³/mol. The van der Waals surface area contributed by atoms with Crippen LogP contribution in [-0.2, 0) is 6.18 Å². The van der Waals surface area contributed by atoms with E-state index < -0.39 is 22.8 Å². The molecule has 182 valence electrons. The van der Waals surface area contributed by atoms with Crippen LogP contribution in [-0.4, -0.2) is 23.1 Å². The van der Waals surface area contributed by atoms with Gasteiger partial charge in [-0.05, 0) is 36.4 Å². The number of hydrogen-bond donors (Lipinski definition) is 3. The third-order valence-corrected chi connectivity index (χ3v) is 5.10. The summed E-state index contributed by atoms with van der Waals surface area (Å²) in [6.45, 7) is 0. The molecule has 12 heteroatoms. The van der Waals surface area contributed by atoms with E-state index >= 15 is 0 Å². The number of hydrogen-bond acceptors (Lipinski definition) is 5. The van der Waals surface area contributed by atoms with Gasteiger partial charge in [0.1, 0.15) is 17.9 Å². The number of halogens is 5. The van der Waals surface area contributed by atoms with Gasteiger partial charge in [-0.15, -0.1) is 12.4 Å². The number of para-hydroxylation sites is 1. The molecule has 0 fully saturated rings. The highest BCUT2D eigenvalue weighted by molar-refractivity contribution is 6.31. The highest BCUT2D eigenvalue weighted by Gasteiger charge is 2.33. The van der Waals surface area contributed by atoms with E-state index in [-0.39, 0.29) is 23.9 Å². The predicted octanol–water partition coefficient (Wildman–Crippen LogP) is 7.12. The molecule has 0 unspecified atom stereocenters. The number of carbonyl (C=O) groups is 1. The molecular weight excluding hydrogens is 506 g/mol. The van der Waals surface area contributed by atoms with Crippen LogP contribution in [0.25, 0.3) is 10.9 Å². The van der Waals surface area contributed by atoms with Crippen LogP contribution in [0.15, 0.2) is 67.0 Å². The maximum atomic E-state index is 13.2. The summed E-state index contributed by atoms with van der Waals surface area (Å²) < 4.78 is 45.1. The van der Waals surface area contributed by atoms with E-state index in [1.807, 2.05) is 6.07 Å². The number of ether oxygens (including phenoxy) is 1. The third-order valence-electron chi connectivity index (χ3n) is 4.77. The smallest absolute Gasteiger partial charge is 0.417 e. The molecule has 4 rings (SSSR count). The Labute approximate surface area is 209 Å². The van der Waals surface area contributed by atoms with Crippen LogP contribution in [0.3, 0.4) is 0 Å². The average Bonchev–Trinajstić information content (AvgIpc) is 2.80. The molecule has 3 N–H and O–H groups in total. The number of rotatable bonds is 5. The molecule has 0 aliphatic rings. The van der Waals surface area contributed by atoms with Gasteiger partial charge >= 0.3 is 12.2 Å². The van der Waals surface area contributed by atoms with Gasteiger partial charge in [0.2, 0.25) is 0 Å². The lowest BCUT2D eigenvalue weighted by atomic mass is 10.1. The van der Waals surface area contributed by atoms with E-state index in [9.17, 15) is 18.0 Å². The molecule has 0 aliphatic carbocycles. The van der Waals surface area contributed by atoms with Crippen molar-refractivity contribution < 1.29 is 22.7 Å². The number of nitrogens with one attached hydrogen (secondary N) is 3. The molecule has 0 bridgehead atoms. The molecule has 2 amide bonds. The maximum absolute atomic E-state index is 13.2. The van der Waals surface area contributed by atoms with Crippen LogP contribution in [0.4, 0.5) is 40.8 Å². The first kappa shape index (κ1) is 25.9. The van der Waals surface area contributed by atoms with E-state index in [4.69, 9.17) is 16.3 Å². The van der Waals surface area contributed by atoms with Crippen LogP contribution < -0.4 is 20.7 Å². The zero-order valence-corrected chi connectivity index (χ0v) is 19.6. The second kappa shape index (κ2) is 10.7. The molecule has 0 radical (unpaired) electrons. The molecule has 1 heterocycles. The van der Waals surface area contributed by atoms with Crippen LogP contribution in [0.2, 0.25) is 5.02 Å². The fourth-order valence-corrected chi connectivity index (χ4v) is 3.44. The summed E-state index contributed by atoms with van der Waals surface area (Å²) in [5.41, 5.74) is 0.512. The minimum atomic E-state index is -4.61. The number of amides is 2. The molecule has 35 heavy (non-hydrogen) atoms. The Balaban J connectivity index is 0.00000342. The van der Waals surface area contributed by atoms with Crippen molar-refractivity contribution >= 4 is 63.8 Å². The largest absolute Gasteiger partial charge is 0.494 e. The van der Waals surface area contributed by atoms with Crippen molar-refractivity contribution in [2.75, 3.05) is 23.1 Å². The number of benzene rings is 3. The van der Waals surface area contributed by atoms with Gasteiger partial charge in [0.15, 0.2) is 0 Å². The summed E-state index contributed by atoms with van der Waals surface area (Å²) in [4.78, 5) is 20.8. The van der Waals surface area contributed by atoms with Crippen molar-refractivity contribution in [3.05, 3.63) is 77.6 Å². The van der Waals surface area contributed by atoms with Crippen molar-refractivity contribution in [3.63, 3.8) is 0 Å². The number of anilines is 4. The Hall–Kier alpha value is -3.76. The standard InChI is InChI=1S/C23H17ClF3N5O2.ClH/c1-34-20-11-18-15(10-19(20)32-22(33)31-13-5-3-2-4-6-13)21(29-12-28-18)30-14-7-8-17(24)16(9-14)23(25,26)27;/h2-12H,1H3,(H,28,29,30)(H2,31,32,33);1H. The molecule has 0 aliphatic heterocycles. The summed E-state index contributed by atoms with van der Waals surface area (Å²) >= 11 is 5.71. The first-order valence-corrected chi connectivity index (χ1v) is 10.2. The van der Waals surface area contributed by atoms with Gasteiger partial charge in [0.25, 0.3) is 0 Å². The van der Waals surface area contributed by atoms with E-state index in [0.717, 1.165) is 12.1 Å². The van der Waals surface area contributed by atoms with Crippen LogP contribution in [0.5, 0.6) is 5.75 Å². The number of fused-ring (bicyclic) bond motifs is 1. The highest BCUT2D eigenvalue weighted by atomic mass is 35.5. The molecule has 3 aromatic carbocycles.